The zero-order chi connectivity index (χ0) is 33.6. The molecular formula is C42H27IrN7-2. The molecule has 0 spiro atoms. The van der Waals surface area contributed by atoms with E-state index in [0.717, 1.165) is 56.1 Å². The van der Waals surface area contributed by atoms with E-state index in [1.165, 1.54) is 0 Å². The van der Waals surface area contributed by atoms with E-state index in [-0.39, 0.29) is 20.1 Å². The maximum atomic E-state index is 9.34. The van der Waals surface area contributed by atoms with Crippen molar-refractivity contribution in [3.05, 3.63) is 181 Å². The number of rotatable bonds is 5. The average Bonchev–Trinajstić information content (AvgIpc) is 3.85. The Morgan fingerprint density at radius 2 is 1.44 bits per heavy atom. The number of benzene rings is 5. The van der Waals surface area contributed by atoms with Crippen LogP contribution in [0.25, 0.3) is 61.2 Å². The van der Waals surface area contributed by atoms with Crippen LogP contribution in [0.5, 0.6) is 0 Å². The number of nitrogens with zero attached hydrogens (tertiary/aromatic N) is 7. The molecule has 1 radical (unpaired) electrons. The number of hydrogen-bond acceptors (Lipinski definition) is 4. The van der Waals surface area contributed by atoms with Gasteiger partial charge in [0, 0.05) is 49.8 Å². The van der Waals surface area contributed by atoms with Crippen LogP contribution in [-0.4, -0.2) is 24.1 Å². The number of imidazole rings is 1. The van der Waals surface area contributed by atoms with Crippen molar-refractivity contribution in [1.82, 2.24) is 24.1 Å². The first kappa shape index (κ1) is 33.5. The number of fused-ring (bicyclic) bond motifs is 1. The molecule has 0 saturated heterocycles. The van der Waals surface area contributed by atoms with Gasteiger partial charge in [-0.25, -0.2) is 4.52 Å². The SMILES string of the molecule is N#Cc1cc[c-]c(-c2nccn2-c2c(-c3ccccc3)cccc2-c2ccccc2)c1.[C-]#[N+]c1cc[c-]c(-c2nc3c(C)cccn3n2)c1.[Ir]. The predicted molar refractivity (Wildman–Crippen MR) is 192 cm³/mol. The molecule has 8 rings (SSSR count). The van der Waals surface area contributed by atoms with E-state index < -0.39 is 0 Å². The normalized spacial score (nSPS) is 10.3. The Morgan fingerprint density at radius 3 is 2.10 bits per heavy atom. The number of pyridine rings is 1. The first-order chi connectivity index (χ1) is 24.1. The molecule has 0 aliphatic carbocycles. The molecule has 50 heavy (non-hydrogen) atoms. The van der Waals surface area contributed by atoms with Crippen molar-refractivity contribution in [3.8, 4) is 56.8 Å². The maximum Gasteiger partial charge on any atom is 0.148 e. The Hall–Kier alpha value is -6.44. The quantitative estimate of drug-likeness (QED) is 0.162. The largest absolute Gasteiger partial charge is 0.339 e. The molecule has 8 heteroatoms. The molecule has 0 aliphatic rings. The van der Waals surface area contributed by atoms with E-state index in [0.29, 0.717) is 17.1 Å². The van der Waals surface area contributed by atoms with Crippen molar-refractivity contribution < 1.29 is 20.1 Å². The van der Waals surface area contributed by atoms with E-state index in [2.05, 4.69) is 85.1 Å². The fraction of sp³-hybridized carbons (Fsp3) is 0.0238. The van der Waals surface area contributed by atoms with Gasteiger partial charge in [0.2, 0.25) is 0 Å². The first-order valence-corrected chi connectivity index (χ1v) is 15.5. The van der Waals surface area contributed by atoms with Crippen molar-refractivity contribution in [2.24, 2.45) is 0 Å². The van der Waals surface area contributed by atoms with Gasteiger partial charge in [0.05, 0.1) is 30.0 Å². The average molecular weight is 822 g/mol. The first-order valence-electron chi connectivity index (χ1n) is 15.5. The van der Waals surface area contributed by atoms with Crippen LogP contribution in [-0.2, 0) is 20.1 Å². The van der Waals surface area contributed by atoms with Crippen LogP contribution in [0.2, 0.25) is 0 Å². The van der Waals surface area contributed by atoms with Crippen LogP contribution in [0, 0.1) is 37.0 Å². The summed E-state index contributed by atoms with van der Waals surface area (Å²) in [4.78, 5) is 12.5. The molecule has 0 aliphatic heterocycles. The zero-order valence-corrected chi connectivity index (χ0v) is 29.2. The van der Waals surface area contributed by atoms with Gasteiger partial charge in [0.15, 0.2) is 0 Å². The summed E-state index contributed by atoms with van der Waals surface area (Å²) in [6, 6.07) is 50.0. The molecule has 8 aromatic rings. The molecular weight excluding hydrogens is 795 g/mol. The monoisotopic (exact) mass is 822 g/mol. The zero-order valence-electron chi connectivity index (χ0n) is 26.8. The van der Waals surface area contributed by atoms with Crippen molar-refractivity contribution in [2.45, 2.75) is 6.92 Å². The van der Waals surface area contributed by atoms with Gasteiger partial charge in [-0.2, -0.15) is 16.4 Å². The standard InChI is InChI=1S/C28H18N3.C14H9N4.Ir/c29-20-21-9-7-14-24(19-21)28-30-17-18-31(28)27-25(22-10-3-1-4-11-22)15-8-16-26(27)23-12-5-2-6-13-23;1-10-5-4-8-18-14(10)16-13(17-18)11-6-3-7-12(9-11)15-2;/h1-13,15-19H;3-5,7-9H,1H3;/q2*-1;. The molecule has 0 unspecified atom stereocenters. The Balaban J connectivity index is 0.000000194. The van der Waals surface area contributed by atoms with Crippen LogP contribution < -0.4 is 0 Å². The van der Waals surface area contributed by atoms with E-state index in [4.69, 9.17) is 6.57 Å². The Morgan fingerprint density at radius 1 is 0.760 bits per heavy atom. The molecule has 0 amide bonds. The second-order valence-corrected chi connectivity index (χ2v) is 11.1. The number of hydrogen-bond donors (Lipinski definition) is 0. The van der Waals surface area contributed by atoms with E-state index in [1.807, 2.05) is 73.9 Å². The number of aryl methyl sites for hydroxylation is 1. The minimum atomic E-state index is 0. The summed E-state index contributed by atoms with van der Waals surface area (Å²) in [6.45, 7) is 9.00. The van der Waals surface area contributed by atoms with Gasteiger partial charge in [-0.15, -0.1) is 53.6 Å². The Bertz CT molecular complexity index is 2430. The van der Waals surface area contributed by atoms with Crippen LogP contribution in [0.1, 0.15) is 11.1 Å². The molecule has 7 nitrogen and oxygen atoms in total. The fourth-order valence-corrected chi connectivity index (χ4v) is 5.66. The van der Waals surface area contributed by atoms with E-state index in [9.17, 15) is 5.26 Å². The molecule has 5 aromatic carbocycles. The van der Waals surface area contributed by atoms with Crippen molar-refractivity contribution in [1.29, 1.82) is 5.26 Å². The van der Waals surface area contributed by atoms with Crippen molar-refractivity contribution in [3.63, 3.8) is 0 Å². The number of para-hydroxylation sites is 1. The van der Waals surface area contributed by atoms with Gasteiger partial charge >= 0.3 is 0 Å². The third kappa shape index (κ3) is 6.90. The second kappa shape index (κ2) is 15.2. The molecule has 0 N–H and O–H groups in total. The van der Waals surface area contributed by atoms with E-state index >= 15 is 0 Å². The molecule has 0 atom stereocenters. The Labute approximate surface area is 304 Å². The molecule has 241 valence electrons. The summed E-state index contributed by atoms with van der Waals surface area (Å²) in [6.07, 6.45) is 5.62. The van der Waals surface area contributed by atoms with Crippen molar-refractivity contribution in [2.75, 3.05) is 0 Å². The molecule has 3 aromatic heterocycles. The molecule has 0 fully saturated rings. The summed E-state index contributed by atoms with van der Waals surface area (Å²) in [7, 11) is 0. The number of aromatic nitrogens is 5. The fourth-order valence-electron chi connectivity index (χ4n) is 5.66. The van der Waals surface area contributed by atoms with Gasteiger partial charge in [-0.1, -0.05) is 84.9 Å². The molecule has 0 bridgehead atoms. The smallest absolute Gasteiger partial charge is 0.148 e. The van der Waals surface area contributed by atoms with Crippen LogP contribution in [0.15, 0.2) is 146 Å². The van der Waals surface area contributed by atoms with Crippen molar-refractivity contribution >= 4 is 11.3 Å². The van der Waals surface area contributed by atoms with E-state index in [1.54, 1.807) is 41.0 Å². The minimum Gasteiger partial charge on any atom is -0.339 e. The predicted octanol–water partition coefficient (Wildman–Crippen LogP) is 9.60. The summed E-state index contributed by atoms with van der Waals surface area (Å²) in [5.74, 6) is 1.34. The summed E-state index contributed by atoms with van der Waals surface area (Å²) < 4.78 is 3.83. The number of nitriles is 1. The third-order valence-corrected chi connectivity index (χ3v) is 7.97. The third-order valence-electron chi connectivity index (χ3n) is 7.97. The van der Waals surface area contributed by atoms with Gasteiger partial charge in [-0.05, 0) is 35.2 Å². The minimum absolute atomic E-state index is 0. The van der Waals surface area contributed by atoms with Crippen LogP contribution in [0.4, 0.5) is 5.69 Å². The van der Waals surface area contributed by atoms with Crippen LogP contribution in [0.3, 0.4) is 0 Å². The summed E-state index contributed by atoms with van der Waals surface area (Å²) >= 11 is 0. The Kier molecular flexibility index (Phi) is 10.2. The van der Waals surface area contributed by atoms with Gasteiger partial charge < -0.3 is 4.57 Å². The van der Waals surface area contributed by atoms with Crippen LogP contribution >= 0.6 is 0 Å². The summed E-state index contributed by atoms with van der Waals surface area (Å²) in [5.41, 5.74) is 10.1. The topological polar surface area (TPSA) is 76.2 Å². The van der Waals surface area contributed by atoms with Gasteiger partial charge in [-0.3, -0.25) is 14.8 Å². The van der Waals surface area contributed by atoms with Gasteiger partial charge in [0.25, 0.3) is 0 Å². The second-order valence-electron chi connectivity index (χ2n) is 11.1. The van der Waals surface area contributed by atoms with Gasteiger partial charge in [0.1, 0.15) is 11.3 Å². The molecule has 0 saturated carbocycles. The molecule has 3 heterocycles. The maximum absolute atomic E-state index is 9.34. The summed E-state index contributed by atoms with van der Waals surface area (Å²) in [5, 5.41) is 13.7.